The quantitative estimate of drug-likeness (QED) is 0.492. The highest BCUT2D eigenvalue weighted by molar-refractivity contribution is 9.12. The van der Waals surface area contributed by atoms with E-state index in [1.807, 2.05) is 53.7 Å². The number of allylic oxidation sites excluding steroid dienone is 2. The number of ketones is 2. The second kappa shape index (κ2) is 7.10. The van der Waals surface area contributed by atoms with Crippen LogP contribution in [0.3, 0.4) is 0 Å². The standard InChI is InChI=1S/C24H24BrClO3/c1-23(2,3)16-9-12(10-17(22(16)29)24(4,5)6)18-19(25)21(28)15-11-13(26)7-8-14(15)20(18)27/h7-11,29H,1-6H3. The maximum absolute atomic E-state index is 13.3. The fraction of sp³-hybridized carbons (Fsp3) is 0.333. The normalized spacial score (nSPS) is 15.0. The molecule has 3 rings (SSSR count). The lowest BCUT2D eigenvalue weighted by molar-refractivity contribution is 0.0999. The third-order valence-corrected chi connectivity index (χ3v) is 6.12. The van der Waals surface area contributed by atoms with Crippen LogP contribution in [0.4, 0.5) is 0 Å². The van der Waals surface area contributed by atoms with Gasteiger partial charge in [-0.2, -0.15) is 0 Å². The predicted octanol–water partition coefficient (Wildman–Crippen LogP) is 6.83. The topological polar surface area (TPSA) is 54.4 Å². The molecule has 152 valence electrons. The Labute approximate surface area is 184 Å². The number of phenolic OH excluding ortho intramolecular Hbond substituents is 1. The van der Waals surface area contributed by atoms with Gasteiger partial charge in [0.2, 0.25) is 5.78 Å². The average molecular weight is 476 g/mol. The van der Waals surface area contributed by atoms with E-state index in [1.54, 1.807) is 12.1 Å². The lowest BCUT2D eigenvalue weighted by Crippen LogP contribution is -2.21. The molecule has 0 amide bonds. The van der Waals surface area contributed by atoms with Crippen LogP contribution < -0.4 is 0 Å². The van der Waals surface area contributed by atoms with Gasteiger partial charge in [-0.1, -0.05) is 53.1 Å². The molecule has 0 heterocycles. The second-order valence-corrected chi connectivity index (χ2v) is 10.7. The molecule has 1 aliphatic rings. The van der Waals surface area contributed by atoms with Crippen molar-refractivity contribution in [2.24, 2.45) is 0 Å². The van der Waals surface area contributed by atoms with Crippen LogP contribution in [-0.2, 0) is 10.8 Å². The fourth-order valence-electron chi connectivity index (χ4n) is 3.55. The van der Waals surface area contributed by atoms with Gasteiger partial charge in [0.05, 0.1) is 4.48 Å². The van der Waals surface area contributed by atoms with Crippen molar-refractivity contribution < 1.29 is 14.7 Å². The van der Waals surface area contributed by atoms with E-state index >= 15 is 0 Å². The molecule has 0 bridgehead atoms. The van der Waals surface area contributed by atoms with E-state index < -0.39 is 0 Å². The lowest BCUT2D eigenvalue weighted by atomic mass is 9.76. The van der Waals surface area contributed by atoms with Gasteiger partial charge in [-0.3, -0.25) is 9.59 Å². The Hall–Kier alpha value is -1.91. The van der Waals surface area contributed by atoms with Crippen molar-refractivity contribution in [1.29, 1.82) is 0 Å². The van der Waals surface area contributed by atoms with Gasteiger partial charge in [-0.05, 0) is 62.7 Å². The Balaban J connectivity index is 2.33. The SMILES string of the molecule is CC(C)(C)c1cc(C2=C(Br)C(=O)c3cc(Cl)ccc3C2=O)cc(C(C)(C)C)c1O. The Morgan fingerprint density at radius 3 is 1.83 bits per heavy atom. The highest BCUT2D eigenvalue weighted by Crippen LogP contribution is 2.43. The van der Waals surface area contributed by atoms with E-state index in [4.69, 9.17) is 11.6 Å². The molecule has 0 spiro atoms. The molecule has 1 N–H and O–H groups in total. The molecule has 0 atom stereocenters. The Morgan fingerprint density at radius 2 is 1.34 bits per heavy atom. The molecule has 3 nitrogen and oxygen atoms in total. The van der Waals surface area contributed by atoms with Gasteiger partial charge in [0.15, 0.2) is 5.78 Å². The summed E-state index contributed by atoms with van der Waals surface area (Å²) in [6.07, 6.45) is 0. The lowest BCUT2D eigenvalue weighted by Gasteiger charge is -2.29. The van der Waals surface area contributed by atoms with Crippen LogP contribution in [0.5, 0.6) is 5.75 Å². The third kappa shape index (κ3) is 3.80. The number of phenols is 1. The highest BCUT2D eigenvalue weighted by Gasteiger charge is 2.34. The van der Waals surface area contributed by atoms with Gasteiger partial charge in [-0.25, -0.2) is 0 Å². The van der Waals surface area contributed by atoms with Gasteiger partial charge >= 0.3 is 0 Å². The van der Waals surface area contributed by atoms with Crippen LogP contribution in [0.2, 0.25) is 5.02 Å². The minimum absolute atomic E-state index is 0.211. The van der Waals surface area contributed by atoms with E-state index in [9.17, 15) is 14.7 Å². The number of carbonyl (C=O) groups excluding carboxylic acids is 2. The minimum Gasteiger partial charge on any atom is -0.507 e. The van der Waals surface area contributed by atoms with Crippen molar-refractivity contribution in [3.63, 3.8) is 0 Å². The molecule has 0 unspecified atom stereocenters. The predicted molar refractivity (Wildman–Crippen MR) is 121 cm³/mol. The zero-order valence-corrected chi connectivity index (χ0v) is 19.7. The maximum Gasteiger partial charge on any atom is 0.201 e. The van der Waals surface area contributed by atoms with Crippen molar-refractivity contribution in [2.45, 2.75) is 52.4 Å². The molecule has 0 aromatic heterocycles. The van der Waals surface area contributed by atoms with Crippen LogP contribution in [-0.4, -0.2) is 16.7 Å². The maximum atomic E-state index is 13.3. The molecule has 0 radical (unpaired) electrons. The van der Waals surface area contributed by atoms with Gasteiger partial charge in [0.25, 0.3) is 0 Å². The average Bonchev–Trinajstić information content (AvgIpc) is 2.59. The van der Waals surface area contributed by atoms with Crippen molar-refractivity contribution in [1.82, 2.24) is 0 Å². The summed E-state index contributed by atoms with van der Waals surface area (Å²) < 4.78 is 0.211. The number of rotatable bonds is 1. The first kappa shape index (κ1) is 21.8. The molecule has 0 saturated carbocycles. The molecule has 29 heavy (non-hydrogen) atoms. The number of hydrogen-bond donors (Lipinski definition) is 1. The molecule has 0 saturated heterocycles. The Morgan fingerprint density at radius 1 is 0.828 bits per heavy atom. The summed E-state index contributed by atoms with van der Waals surface area (Å²) in [4.78, 5) is 26.3. The zero-order valence-electron chi connectivity index (χ0n) is 17.4. The molecule has 0 aliphatic heterocycles. The number of carbonyl (C=O) groups is 2. The Bertz CT molecular complexity index is 1050. The van der Waals surface area contributed by atoms with E-state index in [0.717, 1.165) is 11.1 Å². The minimum atomic E-state index is -0.347. The smallest absolute Gasteiger partial charge is 0.201 e. The highest BCUT2D eigenvalue weighted by atomic mass is 79.9. The van der Waals surface area contributed by atoms with Crippen LogP contribution in [0.25, 0.3) is 5.57 Å². The summed E-state index contributed by atoms with van der Waals surface area (Å²) in [7, 11) is 0. The number of benzene rings is 2. The zero-order chi connectivity index (χ0) is 21.9. The number of aromatic hydroxyl groups is 1. The van der Waals surface area contributed by atoms with E-state index in [1.165, 1.54) is 6.07 Å². The summed E-state index contributed by atoms with van der Waals surface area (Å²) in [6, 6.07) is 8.35. The molecular formula is C24H24BrClO3. The summed E-state index contributed by atoms with van der Waals surface area (Å²) in [5.41, 5.74) is 2.32. The first-order valence-corrected chi connectivity index (χ1v) is 10.6. The molecule has 1 aliphatic carbocycles. The van der Waals surface area contributed by atoms with E-state index in [0.29, 0.717) is 27.3 Å². The Kier molecular flexibility index (Phi) is 5.34. The largest absolute Gasteiger partial charge is 0.507 e. The number of fused-ring (bicyclic) bond motifs is 1. The van der Waals surface area contributed by atoms with Gasteiger partial charge in [0, 0.05) is 32.8 Å². The first-order chi connectivity index (χ1) is 13.2. The fourth-order valence-corrected chi connectivity index (χ4v) is 4.34. The monoisotopic (exact) mass is 474 g/mol. The van der Waals surface area contributed by atoms with Crippen molar-refractivity contribution in [3.05, 3.63) is 67.7 Å². The van der Waals surface area contributed by atoms with Crippen molar-refractivity contribution in [3.8, 4) is 5.75 Å². The summed E-state index contributed by atoms with van der Waals surface area (Å²) in [5, 5.41) is 11.4. The molecule has 2 aromatic carbocycles. The van der Waals surface area contributed by atoms with Crippen LogP contribution in [0, 0.1) is 0 Å². The van der Waals surface area contributed by atoms with Crippen molar-refractivity contribution in [2.75, 3.05) is 0 Å². The summed E-state index contributed by atoms with van der Waals surface area (Å²) in [5.74, 6) is -0.291. The van der Waals surface area contributed by atoms with E-state index in [2.05, 4.69) is 15.9 Å². The summed E-state index contributed by atoms with van der Waals surface area (Å²) in [6.45, 7) is 12.0. The van der Waals surface area contributed by atoms with E-state index in [-0.39, 0.29) is 32.6 Å². The van der Waals surface area contributed by atoms with Crippen molar-refractivity contribution >= 4 is 44.7 Å². The first-order valence-electron chi connectivity index (χ1n) is 9.40. The van der Waals surface area contributed by atoms with Gasteiger partial charge < -0.3 is 5.11 Å². The van der Waals surface area contributed by atoms with Crippen LogP contribution in [0.1, 0.15) is 78.9 Å². The second-order valence-electron chi connectivity index (χ2n) is 9.46. The third-order valence-electron chi connectivity index (χ3n) is 5.13. The van der Waals surface area contributed by atoms with Gasteiger partial charge in [0.1, 0.15) is 5.75 Å². The molecular weight excluding hydrogens is 452 g/mol. The van der Waals surface area contributed by atoms with Crippen LogP contribution in [0.15, 0.2) is 34.8 Å². The number of halogens is 2. The van der Waals surface area contributed by atoms with Gasteiger partial charge in [-0.15, -0.1) is 0 Å². The molecule has 2 aromatic rings. The number of hydrogen-bond acceptors (Lipinski definition) is 3. The number of Topliss-reactive ketones (excluding diaryl/α,β-unsaturated/α-hetero) is 2. The molecule has 5 heteroatoms. The van der Waals surface area contributed by atoms with Crippen LogP contribution >= 0.6 is 27.5 Å². The summed E-state index contributed by atoms with van der Waals surface area (Å²) >= 11 is 9.39. The molecule has 0 fully saturated rings.